The van der Waals surface area contributed by atoms with Crippen LogP contribution in [0.4, 0.5) is 23.2 Å². The van der Waals surface area contributed by atoms with Gasteiger partial charge in [0.05, 0.1) is 12.8 Å². The van der Waals surface area contributed by atoms with E-state index in [9.17, 15) is 22.4 Å². The molecular weight excluding hydrogens is 368 g/mol. The molecule has 6 nitrogen and oxygen atoms in total. The zero-order chi connectivity index (χ0) is 19.6. The van der Waals surface area contributed by atoms with Crippen molar-refractivity contribution >= 4 is 17.6 Å². The zero-order valence-electron chi connectivity index (χ0n) is 13.8. The molecule has 1 atom stereocenters. The number of aliphatic imine (C=N–C) groups is 1. The molecule has 1 aliphatic heterocycles. The monoisotopic (exact) mass is 382 g/mol. The van der Waals surface area contributed by atoms with Crippen LogP contribution in [0.1, 0.15) is 22.5 Å². The summed E-state index contributed by atoms with van der Waals surface area (Å²) in [4.78, 5) is 19.4. The van der Waals surface area contributed by atoms with E-state index in [1.54, 1.807) is 0 Å². The Morgan fingerprint density at radius 3 is 2.67 bits per heavy atom. The van der Waals surface area contributed by atoms with Gasteiger partial charge in [-0.3, -0.25) is 4.79 Å². The molecule has 27 heavy (non-hydrogen) atoms. The Balaban J connectivity index is 1.95. The van der Waals surface area contributed by atoms with Crippen molar-refractivity contribution in [1.29, 1.82) is 0 Å². The number of alkyl halides is 2. The first-order chi connectivity index (χ1) is 12.8. The largest absolute Gasteiger partial charge is 0.465 e. The predicted molar refractivity (Wildman–Crippen MR) is 88.4 cm³/mol. The molecule has 0 saturated heterocycles. The number of anilines is 1. The van der Waals surface area contributed by atoms with Crippen LogP contribution in [0.5, 0.6) is 0 Å². The van der Waals surface area contributed by atoms with Crippen LogP contribution in [-0.2, 0) is 10.3 Å². The number of halogens is 4. The van der Waals surface area contributed by atoms with Crippen molar-refractivity contribution in [2.75, 3.05) is 11.9 Å². The van der Waals surface area contributed by atoms with Gasteiger partial charge in [-0.15, -0.1) is 0 Å². The molecule has 10 heteroatoms. The Morgan fingerprint density at radius 1 is 1.26 bits per heavy atom. The summed E-state index contributed by atoms with van der Waals surface area (Å²) in [6, 6.07) is 4.93. The van der Waals surface area contributed by atoms with Gasteiger partial charge in [-0.05, 0) is 30.3 Å². The number of carbonyl (C=O) groups is 1. The number of rotatable bonds is 4. The molecule has 2 aromatic rings. The van der Waals surface area contributed by atoms with Crippen molar-refractivity contribution in [1.82, 2.24) is 4.98 Å². The van der Waals surface area contributed by atoms with Gasteiger partial charge in [0.15, 0.2) is 5.54 Å². The zero-order valence-corrected chi connectivity index (χ0v) is 13.8. The topological polar surface area (TPSA) is 89.6 Å². The van der Waals surface area contributed by atoms with Gasteiger partial charge in [0, 0.05) is 17.7 Å². The van der Waals surface area contributed by atoms with E-state index in [4.69, 9.17) is 10.5 Å². The molecule has 0 bridgehead atoms. The second-order valence-corrected chi connectivity index (χ2v) is 5.78. The number of ether oxygens (including phenoxy) is 1. The number of benzene rings is 1. The quantitative estimate of drug-likeness (QED) is 0.796. The summed E-state index contributed by atoms with van der Waals surface area (Å²) in [6.45, 7) is -0.158. The molecule has 0 spiro atoms. The van der Waals surface area contributed by atoms with Crippen LogP contribution in [0.15, 0.2) is 41.5 Å². The highest BCUT2D eigenvalue weighted by Gasteiger charge is 2.46. The van der Waals surface area contributed by atoms with Gasteiger partial charge in [-0.1, -0.05) is 0 Å². The molecule has 1 aromatic heterocycles. The maximum Gasteiger partial charge on any atom is 0.283 e. The van der Waals surface area contributed by atoms with Crippen LogP contribution >= 0.6 is 0 Å². The van der Waals surface area contributed by atoms with Crippen LogP contribution in [0.2, 0.25) is 0 Å². The van der Waals surface area contributed by atoms with E-state index in [0.717, 1.165) is 30.5 Å². The minimum absolute atomic E-state index is 0.0443. The fourth-order valence-electron chi connectivity index (χ4n) is 2.71. The van der Waals surface area contributed by atoms with E-state index < -0.39 is 41.1 Å². The average molecular weight is 382 g/mol. The van der Waals surface area contributed by atoms with Crippen LogP contribution in [-0.4, -0.2) is 29.9 Å². The summed E-state index contributed by atoms with van der Waals surface area (Å²) >= 11 is 0. The minimum atomic E-state index is -3.06. The minimum Gasteiger partial charge on any atom is -0.465 e. The fourth-order valence-corrected chi connectivity index (χ4v) is 2.71. The molecule has 1 amide bonds. The molecule has 0 unspecified atom stereocenters. The normalized spacial score (nSPS) is 19.4. The van der Waals surface area contributed by atoms with Crippen LogP contribution in [0, 0.1) is 11.6 Å². The van der Waals surface area contributed by atoms with Gasteiger partial charge in [-0.2, -0.15) is 0 Å². The van der Waals surface area contributed by atoms with E-state index >= 15 is 0 Å². The molecule has 1 aromatic carbocycles. The Labute approximate surface area is 151 Å². The highest BCUT2D eigenvalue weighted by atomic mass is 19.3. The number of nitrogens with zero attached hydrogens (tertiary/aromatic N) is 2. The summed E-state index contributed by atoms with van der Waals surface area (Å²) in [5.41, 5.74) is 2.71. The lowest BCUT2D eigenvalue weighted by Gasteiger charge is -2.33. The third kappa shape index (κ3) is 3.69. The lowest BCUT2D eigenvalue weighted by atomic mass is 9.86. The van der Waals surface area contributed by atoms with E-state index in [0.29, 0.717) is 0 Å². The van der Waals surface area contributed by atoms with Gasteiger partial charge in [0.1, 0.15) is 17.3 Å². The Hall–Kier alpha value is -3.17. The second kappa shape index (κ2) is 7.22. The summed E-state index contributed by atoms with van der Waals surface area (Å²) in [5.74, 6) is -2.26. The standard InChI is InChI=1S/C17H14F4N4O2/c18-9-1-4-13(23-8-9)14(26)24-10-2-3-12(19)11(7-10)17(15(20)21)5-6-27-16(22)25-17/h1-4,7-8,15H,5-6H2,(H2,22,25)(H,24,26)/t17-/m0/s1. The molecule has 3 rings (SSSR count). The number of nitrogens with one attached hydrogen (secondary N) is 1. The maximum absolute atomic E-state index is 14.3. The Kier molecular flexibility index (Phi) is 4.98. The second-order valence-electron chi connectivity index (χ2n) is 5.78. The SMILES string of the molecule is NC1=N[C@@](c2cc(NC(=O)c3ccc(F)cn3)ccc2F)(C(F)F)CCO1. The van der Waals surface area contributed by atoms with Crippen LogP contribution in [0.25, 0.3) is 0 Å². The Morgan fingerprint density at radius 2 is 2.04 bits per heavy atom. The third-order valence-electron chi connectivity index (χ3n) is 4.05. The van der Waals surface area contributed by atoms with E-state index in [-0.39, 0.29) is 24.4 Å². The smallest absolute Gasteiger partial charge is 0.283 e. The lowest BCUT2D eigenvalue weighted by Crippen LogP contribution is -2.41. The number of hydrogen-bond donors (Lipinski definition) is 2. The lowest BCUT2D eigenvalue weighted by molar-refractivity contribution is 0.0247. The Bertz CT molecular complexity index is 889. The van der Waals surface area contributed by atoms with E-state index in [1.807, 2.05) is 0 Å². The van der Waals surface area contributed by atoms with Crippen molar-refractivity contribution in [3.05, 3.63) is 59.4 Å². The molecule has 142 valence electrons. The van der Waals surface area contributed by atoms with E-state index in [2.05, 4.69) is 15.3 Å². The summed E-state index contributed by atoms with van der Waals surface area (Å²) in [7, 11) is 0. The van der Waals surface area contributed by atoms with Gasteiger partial charge in [0.25, 0.3) is 18.4 Å². The van der Waals surface area contributed by atoms with E-state index in [1.165, 1.54) is 6.07 Å². The van der Waals surface area contributed by atoms with Gasteiger partial charge in [0.2, 0.25) is 0 Å². The molecule has 1 aliphatic rings. The fraction of sp³-hybridized carbons (Fsp3) is 0.235. The highest BCUT2D eigenvalue weighted by Crippen LogP contribution is 2.40. The first-order valence-electron chi connectivity index (χ1n) is 7.81. The number of amides is 1. The number of pyridine rings is 1. The van der Waals surface area contributed by atoms with Crippen molar-refractivity contribution in [2.45, 2.75) is 18.4 Å². The molecule has 0 radical (unpaired) electrons. The molecule has 2 heterocycles. The molecule has 3 N–H and O–H groups in total. The van der Waals surface area contributed by atoms with Crippen molar-refractivity contribution in [3.63, 3.8) is 0 Å². The number of aromatic nitrogens is 1. The summed E-state index contributed by atoms with van der Waals surface area (Å²) in [5, 5.41) is 2.41. The maximum atomic E-state index is 14.3. The molecule has 0 aliphatic carbocycles. The first-order valence-corrected chi connectivity index (χ1v) is 7.81. The van der Waals surface area contributed by atoms with Crippen LogP contribution < -0.4 is 11.1 Å². The number of nitrogens with two attached hydrogens (primary N) is 1. The molecule has 0 saturated carbocycles. The molecular formula is C17H14F4N4O2. The predicted octanol–water partition coefficient (Wildman–Crippen LogP) is 2.81. The van der Waals surface area contributed by atoms with Gasteiger partial charge in [-0.25, -0.2) is 27.5 Å². The highest BCUT2D eigenvalue weighted by molar-refractivity contribution is 6.02. The summed E-state index contributed by atoms with van der Waals surface area (Å²) < 4.78 is 59.7. The van der Waals surface area contributed by atoms with Crippen LogP contribution in [0.3, 0.4) is 0 Å². The average Bonchev–Trinajstić information content (AvgIpc) is 2.63. The third-order valence-corrected chi connectivity index (χ3v) is 4.05. The van der Waals surface area contributed by atoms with Gasteiger partial charge < -0.3 is 15.8 Å². The first kappa shape index (κ1) is 18.6. The number of amidine groups is 1. The van der Waals surface area contributed by atoms with Crippen molar-refractivity contribution < 1.29 is 27.1 Å². The number of carbonyl (C=O) groups excluding carboxylic acids is 1. The van der Waals surface area contributed by atoms with Crippen molar-refractivity contribution in [2.24, 2.45) is 10.7 Å². The molecule has 0 fully saturated rings. The number of hydrogen-bond acceptors (Lipinski definition) is 5. The summed E-state index contributed by atoms with van der Waals surface area (Å²) in [6.07, 6.45) is -2.49. The van der Waals surface area contributed by atoms with Gasteiger partial charge >= 0.3 is 0 Å². The van der Waals surface area contributed by atoms with Crippen molar-refractivity contribution in [3.8, 4) is 0 Å².